The van der Waals surface area contributed by atoms with E-state index in [2.05, 4.69) is 47.6 Å². The maximum absolute atomic E-state index is 3.35. The number of unbranched alkanes of at least 4 members (excludes halogenated alkanes) is 1. The predicted molar refractivity (Wildman–Crippen MR) is 71.8 cm³/mol. The van der Waals surface area contributed by atoms with E-state index < -0.39 is 0 Å². The van der Waals surface area contributed by atoms with Crippen LogP contribution in [0.4, 0.5) is 0 Å². The highest BCUT2D eigenvalue weighted by atomic mass is 32.2. The van der Waals surface area contributed by atoms with Crippen LogP contribution in [0.25, 0.3) is 0 Å². The van der Waals surface area contributed by atoms with E-state index in [1.165, 1.54) is 56.0 Å². The maximum atomic E-state index is 3.35. The number of nitrogens with zero attached hydrogens (tertiary/aromatic N) is 1. The van der Waals surface area contributed by atoms with E-state index in [0.29, 0.717) is 0 Å². The topological polar surface area (TPSA) is 19.7 Å². The van der Waals surface area contributed by atoms with Gasteiger partial charge in [-0.05, 0) is 30.8 Å². The molecular weight excluding hydrogens is 216 g/mol. The van der Waals surface area contributed by atoms with Crippen LogP contribution in [0.5, 0.6) is 0 Å². The normalized spacial score (nSPS) is 10.9. The number of thioether (sulfide) groups is 1. The van der Waals surface area contributed by atoms with E-state index in [4.69, 9.17) is 0 Å². The smallest absolute Gasteiger partial charge is 0.248 e. The summed E-state index contributed by atoms with van der Waals surface area (Å²) < 4.78 is 2.38. The van der Waals surface area contributed by atoms with Gasteiger partial charge in [0.25, 0.3) is 5.82 Å². The van der Waals surface area contributed by atoms with Crippen LogP contribution in [0.2, 0.25) is 0 Å². The third-order valence-corrected chi connectivity index (χ3v) is 3.93. The van der Waals surface area contributed by atoms with Crippen molar-refractivity contribution in [3.8, 4) is 0 Å². The summed E-state index contributed by atoms with van der Waals surface area (Å²) in [6, 6.07) is 0. The van der Waals surface area contributed by atoms with Crippen LogP contribution in [0, 0.1) is 0 Å². The predicted octanol–water partition coefficient (Wildman–Crippen LogP) is 3.18. The second-order valence-corrected chi connectivity index (χ2v) is 5.39. The molecule has 0 radical (unpaired) electrons. The fraction of sp³-hybridized carbons (Fsp3) is 0.769. The van der Waals surface area contributed by atoms with Gasteiger partial charge in [-0.25, -0.2) is 9.55 Å². The minimum Gasteiger partial charge on any atom is -0.248 e. The number of aryl methyl sites for hydroxylation is 2. The number of H-pyrrole nitrogens is 1. The van der Waals surface area contributed by atoms with Crippen molar-refractivity contribution < 1.29 is 4.57 Å². The zero-order chi connectivity index (χ0) is 11.6. The van der Waals surface area contributed by atoms with Gasteiger partial charge in [-0.1, -0.05) is 20.3 Å². The van der Waals surface area contributed by atoms with E-state index in [1.54, 1.807) is 0 Å². The Kier molecular flexibility index (Phi) is 7.39. The van der Waals surface area contributed by atoms with Gasteiger partial charge >= 0.3 is 0 Å². The number of aromatic amines is 1. The molecule has 0 atom stereocenters. The van der Waals surface area contributed by atoms with Gasteiger partial charge in [0.1, 0.15) is 12.4 Å². The Morgan fingerprint density at radius 1 is 1.19 bits per heavy atom. The molecule has 0 aromatic carbocycles. The molecule has 0 saturated heterocycles. The SMILES string of the molecule is CCCCc1[nH]cc[n+]1CCCSCCC. The van der Waals surface area contributed by atoms with Crippen molar-refractivity contribution in [1.82, 2.24) is 4.98 Å². The van der Waals surface area contributed by atoms with Gasteiger partial charge in [-0.2, -0.15) is 11.8 Å². The lowest BCUT2D eigenvalue weighted by Gasteiger charge is -2.01. The minimum atomic E-state index is 1.17. The van der Waals surface area contributed by atoms with Crippen molar-refractivity contribution in [3.05, 3.63) is 18.2 Å². The monoisotopic (exact) mass is 241 g/mol. The summed E-state index contributed by atoms with van der Waals surface area (Å²) in [6.07, 6.45) is 10.6. The van der Waals surface area contributed by atoms with Crippen LogP contribution in [0.1, 0.15) is 45.4 Å². The van der Waals surface area contributed by atoms with Crippen LogP contribution in [-0.4, -0.2) is 16.5 Å². The lowest BCUT2D eigenvalue weighted by atomic mass is 10.2. The highest BCUT2D eigenvalue weighted by Crippen LogP contribution is 2.04. The molecule has 1 rings (SSSR count). The maximum Gasteiger partial charge on any atom is 0.254 e. The minimum absolute atomic E-state index is 1.17. The molecule has 0 aliphatic carbocycles. The van der Waals surface area contributed by atoms with E-state index in [-0.39, 0.29) is 0 Å². The molecule has 16 heavy (non-hydrogen) atoms. The first kappa shape index (κ1) is 13.6. The van der Waals surface area contributed by atoms with Crippen LogP contribution in [0.15, 0.2) is 12.4 Å². The number of imidazole rings is 1. The highest BCUT2D eigenvalue weighted by Gasteiger charge is 2.08. The van der Waals surface area contributed by atoms with Gasteiger partial charge in [-0.15, -0.1) is 0 Å². The number of aromatic nitrogens is 2. The lowest BCUT2D eigenvalue weighted by molar-refractivity contribution is -0.702. The molecule has 1 aromatic rings. The molecule has 0 fully saturated rings. The molecule has 1 aromatic heterocycles. The van der Waals surface area contributed by atoms with Gasteiger partial charge in [-0.3, -0.25) is 0 Å². The summed E-state index contributed by atoms with van der Waals surface area (Å²) >= 11 is 2.08. The third kappa shape index (κ3) is 5.06. The number of rotatable bonds is 9. The quantitative estimate of drug-likeness (QED) is 0.520. The summed E-state index contributed by atoms with van der Waals surface area (Å²) in [6.45, 7) is 5.66. The zero-order valence-corrected chi connectivity index (χ0v) is 11.5. The molecular formula is C13H25N2S+. The molecule has 1 N–H and O–H groups in total. The average Bonchev–Trinajstić information content (AvgIpc) is 2.74. The van der Waals surface area contributed by atoms with Crippen molar-refractivity contribution >= 4 is 11.8 Å². The Morgan fingerprint density at radius 3 is 2.81 bits per heavy atom. The van der Waals surface area contributed by atoms with Crippen molar-refractivity contribution in [2.75, 3.05) is 11.5 Å². The summed E-state index contributed by atoms with van der Waals surface area (Å²) in [7, 11) is 0. The average molecular weight is 241 g/mol. The van der Waals surface area contributed by atoms with Gasteiger partial charge in [0, 0.05) is 6.42 Å². The molecule has 0 aliphatic heterocycles. The van der Waals surface area contributed by atoms with Crippen molar-refractivity contribution in [2.45, 2.75) is 52.5 Å². The molecule has 0 amide bonds. The largest absolute Gasteiger partial charge is 0.254 e. The molecule has 1 heterocycles. The molecule has 0 aliphatic rings. The summed E-state index contributed by atoms with van der Waals surface area (Å²) in [5, 5.41) is 0. The van der Waals surface area contributed by atoms with Gasteiger partial charge in [0.15, 0.2) is 0 Å². The van der Waals surface area contributed by atoms with Crippen molar-refractivity contribution in [1.29, 1.82) is 0 Å². The highest BCUT2D eigenvalue weighted by molar-refractivity contribution is 7.99. The molecule has 0 saturated carbocycles. The fourth-order valence-corrected chi connectivity index (χ4v) is 2.58. The van der Waals surface area contributed by atoms with E-state index in [0.717, 1.165) is 0 Å². The second kappa shape index (κ2) is 8.68. The molecule has 0 bridgehead atoms. The third-order valence-electron chi connectivity index (χ3n) is 2.65. The fourth-order valence-electron chi connectivity index (χ4n) is 1.75. The van der Waals surface area contributed by atoms with E-state index >= 15 is 0 Å². The molecule has 0 spiro atoms. The second-order valence-electron chi connectivity index (χ2n) is 4.17. The zero-order valence-electron chi connectivity index (χ0n) is 10.7. The Hall–Kier alpha value is -0.440. The van der Waals surface area contributed by atoms with Crippen LogP contribution in [0.3, 0.4) is 0 Å². The standard InChI is InChI=1S/C13H24N2S/c1-3-5-7-13-14-8-10-15(13)9-6-12-16-11-4-2/h8,10H,3-7,9,11-12H2,1-2H3/p+1. The Balaban J connectivity index is 2.22. The first-order chi connectivity index (χ1) is 7.88. The van der Waals surface area contributed by atoms with Crippen LogP contribution < -0.4 is 4.57 Å². The van der Waals surface area contributed by atoms with Crippen LogP contribution >= 0.6 is 11.8 Å². The Labute approximate surface area is 104 Å². The van der Waals surface area contributed by atoms with Gasteiger partial charge in [0.2, 0.25) is 0 Å². The molecule has 92 valence electrons. The van der Waals surface area contributed by atoms with E-state index in [1.807, 2.05) is 0 Å². The van der Waals surface area contributed by atoms with Crippen LogP contribution in [-0.2, 0) is 13.0 Å². The molecule has 0 unspecified atom stereocenters. The van der Waals surface area contributed by atoms with Gasteiger partial charge < -0.3 is 0 Å². The van der Waals surface area contributed by atoms with Crippen molar-refractivity contribution in [2.24, 2.45) is 0 Å². The number of nitrogens with one attached hydrogen (secondary N) is 1. The van der Waals surface area contributed by atoms with E-state index in [9.17, 15) is 0 Å². The molecule has 3 heteroatoms. The Bertz CT molecular complexity index is 271. The Morgan fingerprint density at radius 2 is 2.06 bits per heavy atom. The summed E-state index contributed by atoms with van der Waals surface area (Å²) in [4.78, 5) is 3.35. The molecule has 2 nitrogen and oxygen atoms in total. The summed E-state index contributed by atoms with van der Waals surface area (Å²) in [5.74, 6) is 3.99. The number of hydrogen-bond acceptors (Lipinski definition) is 1. The number of hydrogen-bond donors (Lipinski definition) is 1. The van der Waals surface area contributed by atoms with Crippen molar-refractivity contribution in [3.63, 3.8) is 0 Å². The first-order valence-electron chi connectivity index (χ1n) is 6.52. The lowest BCUT2D eigenvalue weighted by Crippen LogP contribution is -2.36. The summed E-state index contributed by atoms with van der Waals surface area (Å²) in [5.41, 5.74) is 0. The van der Waals surface area contributed by atoms with Gasteiger partial charge in [0.05, 0.1) is 6.54 Å². The first-order valence-corrected chi connectivity index (χ1v) is 7.67.